The Balaban J connectivity index is 1.78. The molecule has 138 valence electrons. The standard InChI is InChI=1S/C19H16F3N5/c20-19(21,22)16-8-7-15-18(25-16)27(17(24-15)11-3-1-2-4-11)13-5-6-14-12(9-13)10-23-26-14/h5-11H,1-4H2,(H,23,26). The molecule has 5 rings (SSSR count). The molecule has 5 nitrogen and oxygen atoms in total. The summed E-state index contributed by atoms with van der Waals surface area (Å²) in [5, 5.41) is 7.79. The van der Waals surface area contributed by atoms with Gasteiger partial charge >= 0.3 is 6.18 Å². The number of rotatable bonds is 2. The number of benzene rings is 1. The average molecular weight is 371 g/mol. The minimum absolute atomic E-state index is 0.230. The largest absolute Gasteiger partial charge is 0.433 e. The third-order valence-corrected chi connectivity index (χ3v) is 5.22. The molecule has 0 bridgehead atoms. The summed E-state index contributed by atoms with van der Waals surface area (Å²) in [5.74, 6) is 1.02. The fourth-order valence-corrected chi connectivity index (χ4v) is 3.91. The van der Waals surface area contributed by atoms with Gasteiger partial charge in [-0.3, -0.25) is 9.67 Å². The van der Waals surface area contributed by atoms with Gasteiger partial charge in [0.1, 0.15) is 17.0 Å². The molecular formula is C19H16F3N5. The van der Waals surface area contributed by atoms with Gasteiger partial charge < -0.3 is 0 Å². The predicted octanol–water partition coefficient (Wildman–Crippen LogP) is 4.97. The van der Waals surface area contributed by atoms with Gasteiger partial charge in [0.25, 0.3) is 0 Å². The summed E-state index contributed by atoms with van der Waals surface area (Å²) in [4.78, 5) is 8.61. The maximum Gasteiger partial charge on any atom is 0.433 e. The fraction of sp³-hybridized carbons (Fsp3) is 0.316. The van der Waals surface area contributed by atoms with E-state index in [1.807, 2.05) is 18.2 Å². The summed E-state index contributed by atoms with van der Waals surface area (Å²) < 4.78 is 41.4. The Morgan fingerprint density at radius 1 is 1.04 bits per heavy atom. The molecule has 0 unspecified atom stereocenters. The molecule has 1 aliphatic carbocycles. The summed E-state index contributed by atoms with van der Waals surface area (Å²) in [5.41, 5.74) is 1.44. The van der Waals surface area contributed by atoms with Gasteiger partial charge in [0, 0.05) is 17.0 Å². The Morgan fingerprint density at radius 3 is 2.63 bits per heavy atom. The summed E-state index contributed by atoms with van der Waals surface area (Å²) >= 11 is 0. The molecule has 0 atom stereocenters. The number of H-pyrrole nitrogens is 1. The van der Waals surface area contributed by atoms with E-state index in [9.17, 15) is 13.2 Å². The molecule has 3 heterocycles. The maximum atomic E-state index is 13.2. The van der Waals surface area contributed by atoms with Crippen molar-refractivity contribution in [2.75, 3.05) is 0 Å². The Bertz CT molecular complexity index is 1140. The number of hydrogen-bond acceptors (Lipinski definition) is 3. The van der Waals surface area contributed by atoms with Gasteiger partial charge in [0.2, 0.25) is 0 Å². The molecule has 1 aliphatic rings. The molecule has 27 heavy (non-hydrogen) atoms. The van der Waals surface area contributed by atoms with Crippen LogP contribution in [0.5, 0.6) is 0 Å². The van der Waals surface area contributed by atoms with Crippen molar-refractivity contribution < 1.29 is 13.2 Å². The highest BCUT2D eigenvalue weighted by Gasteiger charge is 2.34. The second kappa shape index (κ2) is 5.80. The van der Waals surface area contributed by atoms with E-state index >= 15 is 0 Å². The third kappa shape index (κ3) is 2.67. The minimum atomic E-state index is -4.49. The lowest BCUT2D eigenvalue weighted by Crippen LogP contribution is -2.10. The Morgan fingerprint density at radius 2 is 1.85 bits per heavy atom. The predicted molar refractivity (Wildman–Crippen MR) is 94.7 cm³/mol. The third-order valence-electron chi connectivity index (χ3n) is 5.22. The van der Waals surface area contributed by atoms with Gasteiger partial charge in [-0.15, -0.1) is 0 Å². The van der Waals surface area contributed by atoms with Crippen LogP contribution in [0, 0.1) is 0 Å². The van der Waals surface area contributed by atoms with Gasteiger partial charge in [-0.25, -0.2) is 9.97 Å². The van der Waals surface area contributed by atoms with Crippen molar-refractivity contribution in [1.82, 2.24) is 24.7 Å². The quantitative estimate of drug-likeness (QED) is 0.541. The van der Waals surface area contributed by atoms with Crippen molar-refractivity contribution in [1.29, 1.82) is 0 Å². The number of alkyl halides is 3. The SMILES string of the molecule is FC(F)(F)c1ccc2nc(C3CCCC3)n(-c3ccc4[nH]ncc4c3)c2n1. The first-order valence-electron chi connectivity index (χ1n) is 8.91. The van der Waals surface area contributed by atoms with Crippen LogP contribution in [0.2, 0.25) is 0 Å². The van der Waals surface area contributed by atoms with Gasteiger partial charge in [-0.2, -0.15) is 18.3 Å². The lowest BCUT2D eigenvalue weighted by molar-refractivity contribution is -0.141. The van der Waals surface area contributed by atoms with E-state index in [1.165, 1.54) is 6.07 Å². The number of halogens is 3. The Labute approximate surface area is 152 Å². The van der Waals surface area contributed by atoms with E-state index in [1.54, 1.807) is 10.8 Å². The van der Waals surface area contributed by atoms with Crippen molar-refractivity contribution in [2.24, 2.45) is 0 Å². The smallest absolute Gasteiger partial charge is 0.280 e. The minimum Gasteiger partial charge on any atom is -0.280 e. The molecule has 4 aromatic rings. The zero-order chi connectivity index (χ0) is 18.6. The number of imidazole rings is 1. The normalized spacial score (nSPS) is 16.0. The number of nitrogens with zero attached hydrogens (tertiary/aromatic N) is 4. The van der Waals surface area contributed by atoms with Crippen molar-refractivity contribution in [2.45, 2.75) is 37.8 Å². The fourth-order valence-electron chi connectivity index (χ4n) is 3.91. The Kier molecular flexibility index (Phi) is 3.50. The van der Waals surface area contributed by atoms with Crippen LogP contribution in [0.1, 0.15) is 43.1 Å². The topological polar surface area (TPSA) is 59.4 Å². The van der Waals surface area contributed by atoms with Gasteiger partial charge in [-0.05, 0) is 43.2 Å². The van der Waals surface area contributed by atoms with Crippen molar-refractivity contribution in [3.8, 4) is 5.69 Å². The van der Waals surface area contributed by atoms with Crippen molar-refractivity contribution in [3.05, 3.63) is 48.0 Å². The van der Waals surface area contributed by atoms with E-state index < -0.39 is 11.9 Å². The summed E-state index contributed by atoms with van der Waals surface area (Å²) in [6.45, 7) is 0. The number of aromatic nitrogens is 5. The summed E-state index contributed by atoms with van der Waals surface area (Å²) in [6.07, 6.45) is 1.39. The highest BCUT2D eigenvalue weighted by molar-refractivity contribution is 5.82. The number of pyridine rings is 1. The first kappa shape index (κ1) is 16.3. The van der Waals surface area contributed by atoms with Crippen LogP contribution in [-0.2, 0) is 6.18 Å². The number of nitrogens with one attached hydrogen (secondary N) is 1. The number of fused-ring (bicyclic) bond motifs is 2. The molecule has 0 spiro atoms. The number of hydrogen-bond donors (Lipinski definition) is 1. The molecule has 0 saturated heterocycles. The monoisotopic (exact) mass is 371 g/mol. The second-order valence-electron chi connectivity index (χ2n) is 6.97. The summed E-state index contributed by atoms with van der Waals surface area (Å²) in [6, 6.07) is 8.05. The van der Waals surface area contributed by atoms with E-state index in [0.717, 1.165) is 54.2 Å². The molecule has 1 aromatic carbocycles. The van der Waals surface area contributed by atoms with E-state index in [-0.39, 0.29) is 11.6 Å². The lowest BCUT2D eigenvalue weighted by Gasteiger charge is -2.14. The van der Waals surface area contributed by atoms with Gasteiger partial charge in [0.05, 0.1) is 11.7 Å². The first-order chi connectivity index (χ1) is 13.0. The van der Waals surface area contributed by atoms with Crippen LogP contribution in [0.3, 0.4) is 0 Å². The van der Waals surface area contributed by atoms with E-state index in [4.69, 9.17) is 0 Å². The number of aromatic amines is 1. The first-order valence-corrected chi connectivity index (χ1v) is 8.91. The molecular weight excluding hydrogens is 355 g/mol. The maximum absolute atomic E-state index is 13.2. The van der Waals surface area contributed by atoms with E-state index in [2.05, 4.69) is 20.2 Å². The van der Waals surface area contributed by atoms with Crippen LogP contribution in [0.15, 0.2) is 36.5 Å². The zero-order valence-electron chi connectivity index (χ0n) is 14.3. The van der Waals surface area contributed by atoms with Gasteiger partial charge in [0.15, 0.2) is 5.65 Å². The highest BCUT2D eigenvalue weighted by Crippen LogP contribution is 2.37. The lowest BCUT2D eigenvalue weighted by atomic mass is 10.1. The molecule has 1 fully saturated rings. The molecule has 1 saturated carbocycles. The molecule has 1 N–H and O–H groups in total. The average Bonchev–Trinajstić information content (AvgIpc) is 3.37. The molecule has 0 aliphatic heterocycles. The van der Waals surface area contributed by atoms with Crippen molar-refractivity contribution >= 4 is 22.1 Å². The van der Waals surface area contributed by atoms with Gasteiger partial charge in [-0.1, -0.05) is 12.8 Å². The molecule has 3 aromatic heterocycles. The molecule has 8 heteroatoms. The van der Waals surface area contributed by atoms with Crippen molar-refractivity contribution in [3.63, 3.8) is 0 Å². The Hall–Kier alpha value is -2.90. The highest BCUT2D eigenvalue weighted by atomic mass is 19.4. The second-order valence-corrected chi connectivity index (χ2v) is 6.97. The molecule has 0 amide bonds. The zero-order valence-corrected chi connectivity index (χ0v) is 14.3. The summed E-state index contributed by atoms with van der Waals surface area (Å²) in [7, 11) is 0. The molecule has 0 radical (unpaired) electrons. The van der Waals surface area contributed by atoms with Crippen LogP contribution in [-0.4, -0.2) is 24.7 Å². The van der Waals surface area contributed by atoms with E-state index in [0.29, 0.717) is 5.52 Å². The van der Waals surface area contributed by atoms with Crippen LogP contribution in [0.4, 0.5) is 13.2 Å². The van der Waals surface area contributed by atoms with Crippen LogP contribution >= 0.6 is 0 Å². The van der Waals surface area contributed by atoms with Crippen LogP contribution in [0.25, 0.3) is 27.8 Å². The van der Waals surface area contributed by atoms with Crippen LogP contribution < -0.4 is 0 Å².